The second-order valence-electron chi connectivity index (χ2n) is 3.68. The molecule has 104 valence electrons. The maximum atomic E-state index is 5.71. The molecule has 0 aromatic rings. The molecule has 0 bridgehead atoms. The zero-order valence-electron chi connectivity index (χ0n) is 11.9. The smallest absolute Gasteiger partial charge is 0.340 e. The fraction of sp³-hybridized carbons (Fsp3) is 1.00. The minimum absolute atomic E-state index is 0.520. The molecule has 0 fully saturated rings. The summed E-state index contributed by atoms with van der Waals surface area (Å²) >= 11 is 0. The van der Waals surface area contributed by atoms with Gasteiger partial charge in [0.05, 0.1) is 6.61 Å². The zero-order chi connectivity index (χ0) is 13.4. The molecule has 5 heteroatoms. The van der Waals surface area contributed by atoms with Crippen LogP contribution in [0.5, 0.6) is 0 Å². The van der Waals surface area contributed by atoms with Gasteiger partial charge in [-0.15, -0.1) is 0 Å². The molecule has 0 saturated carbocycles. The average Bonchev–Trinajstić information content (AvgIpc) is 2.39. The van der Waals surface area contributed by atoms with Crippen LogP contribution in [0.1, 0.15) is 33.1 Å². The summed E-state index contributed by atoms with van der Waals surface area (Å²) in [6.45, 7) is 4.53. The normalized spacial score (nSPS) is 13.1. The summed E-state index contributed by atoms with van der Waals surface area (Å²) in [7, 11) is 6.11. The Kier molecular flexibility index (Phi) is 7.91. The van der Waals surface area contributed by atoms with Crippen molar-refractivity contribution in [1.29, 1.82) is 0 Å². The molecule has 0 heterocycles. The van der Waals surface area contributed by atoms with Gasteiger partial charge in [0.25, 0.3) is 5.79 Å². The summed E-state index contributed by atoms with van der Waals surface area (Å²) in [5.41, 5.74) is 0. The van der Waals surface area contributed by atoms with Crippen LogP contribution in [0, 0.1) is 0 Å². The Morgan fingerprint density at radius 2 is 1.35 bits per heavy atom. The Bertz CT molecular complexity index is 179. The van der Waals surface area contributed by atoms with Gasteiger partial charge in [0.15, 0.2) is 0 Å². The predicted octanol–water partition coefficient (Wildman–Crippen LogP) is 2.15. The molecule has 0 amide bonds. The summed E-state index contributed by atoms with van der Waals surface area (Å²) in [4.78, 5) is 0. The van der Waals surface area contributed by atoms with E-state index < -0.39 is 11.8 Å². The van der Waals surface area contributed by atoms with Gasteiger partial charge >= 0.3 is 5.97 Å². The summed E-state index contributed by atoms with van der Waals surface area (Å²) in [5, 5.41) is 0. The van der Waals surface area contributed by atoms with Crippen LogP contribution in [0.15, 0.2) is 0 Å². The maximum absolute atomic E-state index is 5.71. The highest BCUT2D eigenvalue weighted by molar-refractivity contribution is 4.80. The van der Waals surface area contributed by atoms with Gasteiger partial charge in [-0.25, -0.2) is 0 Å². The topological polar surface area (TPSA) is 46.2 Å². The van der Waals surface area contributed by atoms with Crippen molar-refractivity contribution in [3.63, 3.8) is 0 Å². The first-order valence-corrected chi connectivity index (χ1v) is 5.96. The third kappa shape index (κ3) is 3.39. The lowest BCUT2D eigenvalue weighted by atomic mass is 10.1. The molecule has 0 atom stereocenters. The molecule has 5 nitrogen and oxygen atoms in total. The third-order valence-corrected chi connectivity index (χ3v) is 2.92. The van der Waals surface area contributed by atoms with Crippen molar-refractivity contribution in [3.8, 4) is 0 Å². The van der Waals surface area contributed by atoms with Crippen molar-refractivity contribution < 1.29 is 23.7 Å². The fourth-order valence-corrected chi connectivity index (χ4v) is 1.81. The van der Waals surface area contributed by atoms with Gasteiger partial charge in [0.1, 0.15) is 0 Å². The lowest BCUT2D eigenvalue weighted by Crippen LogP contribution is -2.60. The van der Waals surface area contributed by atoms with Crippen molar-refractivity contribution in [3.05, 3.63) is 0 Å². The van der Waals surface area contributed by atoms with Crippen LogP contribution >= 0.6 is 0 Å². The quantitative estimate of drug-likeness (QED) is 0.439. The van der Waals surface area contributed by atoms with E-state index in [0.29, 0.717) is 13.0 Å². The van der Waals surface area contributed by atoms with Crippen molar-refractivity contribution in [2.75, 3.05) is 35.0 Å². The first-order chi connectivity index (χ1) is 8.11. The van der Waals surface area contributed by atoms with Gasteiger partial charge in [-0.1, -0.05) is 20.3 Å². The van der Waals surface area contributed by atoms with Gasteiger partial charge in [-0.05, 0) is 6.42 Å². The van der Waals surface area contributed by atoms with Crippen LogP contribution in [-0.4, -0.2) is 46.8 Å². The van der Waals surface area contributed by atoms with Crippen LogP contribution in [-0.2, 0) is 23.7 Å². The molecule has 0 rings (SSSR count). The highest BCUT2D eigenvalue weighted by atomic mass is 16.9. The first-order valence-electron chi connectivity index (χ1n) is 5.96. The standard InChI is InChI=1S/C12H26O5/c1-7-9-10-17-12(15-5,16-6)11(8-2,13-3)14-4/h7-10H2,1-6H3. The average molecular weight is 250 g/mol. The Morgan fingerprint density at radius 3 is 1.65 bits per heavy atom. The lowest BCUT2D eigenvalue weighted by molar-refractivity contribution is -0.481. The van der Waals surface area contributed by atoms with E-state index in [1.165, 1.54) is 14.2 Å². The van der Waals surface area contributed by atoms with Gasteiger partial charge < -0.3 is 23.7 Å². The first kappa shape index (κ1) is 16.8. The number of rotatable bonds is 10. The lowest BCUT2D eigenvalue weighted by Gasteiger charge is -2.44. The van der Waals surface area contributed by atoms with Gasteiger partial charge in [-0.2, -0.15) is 0 Å². The maximum Gasteiger partial charge on any atom is 0.340 e. The molecule has 0 radical (unpaired) electrons. The molecule has 17 heavy (non-hydrogen) atoms. The van der Waals surface area contributed by atoms with Crippen molar-refractivity contribution >= 4 is 0 Å². The molecule has 0 aliphatic carbocycles. The van der Waals surface area contributed by atoms with Gasteiger partial charge in [0.2, 0.25) is 0 Å². The van der Waals surface area contributed by atoms with Crippen molar-refractivity contribution in [2.24, 2.45) is 0 Å². The molecule has 0 saturated heterocycles. The molecule has 0 aromatic carbocycles. The monoisotopic (exact) mass is 250 g/mol. The Hall–Kier alpha value is -0.200. The van der Waals surface area contributed by atoms with Crippen LogP contribution in [0.25, 0.3) is 0 Å². The number of unbranched alkanes of at least 4 members (excludes halogenated alkanes) is 1. The Balaban J connectivity index is 4.98. The van der Waals surface area contributed by atoms with Gasteiger partial charge in [0, 0.05) is 34.9 Å². The molecule has 0 aromatic heterocycles. The molecule has 0 N–H and O–H groups in total. The highest BCUT2D eigenvalue weighted by Gasteiger charge is 2.55. The molecule has 0 aliphatic heterocycles. The zero-order valence-corrected chi connectivity index (χ0v) is 11.9. The fourth-order valence-electron chi connectivity index (χ4n) is 1.81. The minimum atomic E-state index is -1.35. The van der Waals surface area contributed by atoms with Crippen LogP contribution in [0.4, 0.5) is 0 Å². The van der Waals surface area contributed by atoms with Crippen molar-refractivity contribution in [2.45, 2.75) is 44.9 Å². The SMILES string of the molecule is CCCCOC(OC)(OC)C(CC)(OC)OC. The number of hydrogen-bond acceptors (Lipinski definition) is 5. The van der Waals surface area contributed by atoms with E-state index >= 15 is 0 Å². The summed E-state index contributed by atoms with van der Waals surface area (Å²) in [6, 6.07) is 0. The van der Waals surface area contributed by atoms with E-state index in [2.05, 4.69) is 6.92 Å². The van der Waals surface area contributed by atoms with Gasteiger partial charge in [-0.3, -0.25) is 0 Å². The number of ether oxygens (including phenoxy) is 5. The van der Waals surface area contributed by atoms with E-state index in [9.17, 15) is 0 Å². The van der Waals surface area contributed by atoms with Crippen LogP contribution in [0.3, 0.4) is 0 Å². The van der Waals surface area contributed by atoms with E-state index in [0.717, 1.165) is 12.8 Å². The summed E-state index contributed by atoms with van der Waals surface area (Å²) in [6.07, 6.45) is 2.48. The van der Waals surface area contributed by atoms with E-state index in [1.807, 2.05) is 6.92 Å². The second kappa shape index (κ2) is 8.00. The molecule has 0 unspecified atom stereocenters. The molecule has 0 spiro atoms. The predicted molar refractivity (Wildman–Crippen MR) is 64.6 cm³/mol. The van der Waals surface area contributed by atoms with Crippen LogP contribution < -0.4 is 0 Å². The molecule has 0 aliphatic rings. The van der Waals surface area contributed by atoms with E-state index in [1.54, 1.807) is 14.2 Å². The van der Waals surface area contributed by atoms with E-state index in [4.69, 9.17) is 23.7 Å². The Morgan fingerprint density at radius 1 is 0.824 bits per heavy atom. The number of hydrogen-bond donors (Lipinski definition) is 0. The minimum Gasteiger partial charge on any atom is -0.347 e. The van der Waals surface area contributed by atoms with E-state index in [-0.39, 0.29) is 0 Å². The summed E-state index contributed by atoms with van der Waals surface area (Å²) < 4.78 is 27.3. The Labute approximate surface area is 104 Å². The van der Waals surface area contributed by atoms with Crippen molar-refractivity contribution in [1.82, 2.24) is 0 Å². The third-order valence-electron chi connectivity index (χ3n) is 2.92. The second-order valence-corrected chi connectivity index (χ2v) is 3.68. The highest BCUT2D eigenvalue weighted by Crippen LogP contribution is 2.35. The molecular formula is C12H26O5. The number of methoxy groups -OCH3 is 4. The summed E-state index contributed by atoms with van der Waals surface area (Å²) in [5.74, 6) is -2.43. The largest absolute Gasteiger partial charge is 0.347 e. The molecular weight excluding hydrogens is 224 g/mol. The van der Waals surface area contributed by atoms with Crippen LogP contribution in [0.2, 0.25) is 0 Å².